The van der Waals surface area contributed by atoms with Crippen LogP contribution < -0.4 is 11.1 Å². The normalized spacial score (nSPS) is 13.9. The van der Waals surface area contributed by atoms with E-state index in [4.69, 9.17) is 5.73 Å². The van der Waals surface area contributed by atoms with Gasteiger partial charge in [-0.3, -0.25) is 9.59 Å². The number of nitrogens with zero attached hydrogens (tertiary/aromatic N) is 1. The van der Waals surface area contributed by atoms with E-state index in [2.05, 4.69) is 10.3 Å². The molecule has 0 fully saturated rings. The number of nitrogens with one attached hydrogen (secondary N) is 1. The first kappa shape index (κ1) is 15.0. The molecule has 0 saturated carbocycles. The Labute approximate surface area is 123 Å². The van der Waals surface area contributed by atoms with Crippen LogP contribution in [0.5, 0.6) is 0 Å². The molecule has 110 valence electrons. The fourth-order valence-corrected chi connectivity index (χ4v) is 1.98. The Morgan fingerprint density at radius 2 is 1.86 bits per heavy atom. The molecule has 2 aromatic rings. The topological polar surface area (TPSA) is 85.1 Å². The molecule has 3 N–H and O–H groups in total. The number of pyridine rings is 1. The Morgan fingerprint density at radius 3 is 2.48 bits per heavy atom. The largest absolute Gasteiger partial charge is 0.368 e. The summed E-state index contributed by atoms with van der Waals surface area (Å²) < 4.78 is 0. The summed E-state index contributed by atoms with van der Waals surface area (Å²) in [5.74, 6) is -1.10. The summed E-state index contributed by atoms with van der Waals surface area (Å²) in [4.78, 5) is 28.3. The van der Waals surface area contributed by atoms with E-state index < -0.39 is 17.4 Å². The molecule has 0 radical (unpaired) electrons. The molecule has 1 aromatic heterocycles. The summed E-state index contributed by atoms with van der Waals surface area (Å²) in [5.41, 5.74) is 5.31. The number of amides is 2. The summed E-state index contributed by atoms with van der Waals surface area (Å²) in [6.07, 6.45) is 0. The van der Waals surface area contributed by atoms with Crippen molar-refractivity contribution in [2.75, 3.05) is 0 Å². The van der Waals surface area contributed by atoms with Crippen LogP contribution >= 0.6 is 0 Å². The van der Waals surface area contributed by atoms with Gasteiger partial charge in [-0.1, -0.05) is 38.1 Å². The van der Waals surface area contributed by atoms with Crippen LogP contribution in [0.15, 0.2) is 36.4 Å². The second-order valence-electron chi connectivity index (χ2n) is 5.56. The summed E-state index contributed by atoms with van der Waals surface area (Å²) in [6, 6.07) is 11.0. The Bertz CT molecular complexity index is 697. The quantitative estimate of drug-likeness (QED) is 0.899. The zero-order valence-electron chi connectivity index (χ0n) is 12.4. The Hall–Kier alpha value is -2.43. The lowest BCUT2D eigenvalue weighted by molar-refractivity contribution is -0.125. The minimum atomic E-state index is -1.11. The monoisotopic (exact) mass is 285 g/mol. The highest BCUT2D eigenvalue weighted by molar-refractivity contribution is 5.99. The van der Waals surface area contributed by atoms with Crippen molar-refractivity contribution < 1.29 is 9.59 Å². The smallest absolute Gasteiger partial charge is 0.270 e. The van der Waals surface area contributed by atoms with Crippen molar-refractivity contribution in [2.24, 2.45) is 11.7 Å². The standard InChI is InChI=1S/C16H19N3O2/c1-10(2)16(3,15(17)21)19-14(20)13-9-8-11-6-4-5-7-12(11)18-13/h4-10H,1-3H3,(H2,17,21)(H,19,20). The zero-order valence-corrected chi connectivity index (χ0v) is 12.4. The third-order valence-electron chi connectivity index (χ3n) is 3.87. The number of carbonyl (C=O) groups excluding carboxylic acids is 2. The van der Waals surface area contributed by atoms with Crippen molar-refractivity contribution in [3.05, 3.63) is 42.1 Å². The van der Waals surface area contributed by atoms with Gasteiger partial charge in [-0.15, -0.1) is 0 Å². The number of fused-ring (bicyclic) bond motifs is 1. The van der Waals surface area contributed by atoms with Gasteiger partial charge in [-0.25, -0.2) is 4.98 Å². The fourth-order valence-electron chi connectivity index (χ4n) is 1.98. The minimum absolute atomic E-state index is 0.126. The van der Waals surface area contributed by atoms with E-state index in [-0.39, 0.29) is 11.6 Å². The molecule has 1 heterocycles. The molecule has 1 unspecified atom stereocenters. The lowest BCUT2D eigenvalue weighted by Gasteiger charge is -2.31. The van der Waals surface area contributed by atoms with Gasteiger partial charge in [0.15, 0.2) is 0 Å². The lowest BCUT2D eigenvalue weighted by Crippen LogP contribution is -2.58. The van der Waals surface area contributed by atoms with Crippen LogP contribution in [0.1, 0.15) is 31.3 Å². The average Bonchev–Trinajstić information content (AvgIpc) is 2.46. The Balaban J connectivity index is 2.32. The van der Waals surface area contributed by atoms with Crippen LogP contribution in [0, 0.1) is 5.92 Å². The number of carbonyl (C=O) groups is 2. The summed E-state index contributed by atoms with van der Waals surface area (Å²) >= 11 is 0. The van der Waals surface area contributed by atoms with E-state index >= 15 is 0 Å². The van der Waals surface area contributed by atoms with Crippen LogP contribution in [0.3, 0.4) is 0 Å². The van der Waals surface area contributed by atoms with Gasteiger partial charge in [-0.2, -0.15) is 0 Å². The summed E-state index contributed by atoms with van der Waals surface area (Å²) in [5, 5.41) is 3.65. The molecule has 1 aromatic carbocycles. The first-order valence-corrected chi connectivity index (χ1v) is 6.83. The Kier molecular flexibility index (Phi) is 3.93. The number of primary amides is 1. The molecule has 1 atom stereocenters. The van der Waals surface area contributed by atoms with Gasteiger partial charge < -0.3 is 11.1 Å². The summed E-state index contributed by atoms with van der Waals surface area (Å²) in [7, 11) is 0. The van der Waals surface area contributed by atoms with Gasteiger partial charge in [-0.05, 0) is 25.0 Å². The first-order chi connectivity index (χ1) is 9.84. The third-order valence-corrected chi connectivity index (χ3v) is 3.87. The molecular weight excluding hydrogens is 266 g/mol. The van der Waals surface area contributed by atoms with Crippen molar-refractivity contribution in [1.82, 2.24) is 10.3 Å². The average molecular weight is 285 g/mol. The molecular formula is C16H19N3O2. The van der Waals surface area contributed by atoms with Crippen molar-refractivity contribution in [3.8, 4) is 0 Å². The molecule has 2 amide bonds. The second kappa shape index (κ2) is 5.52. The second-order valence-corrected chi connectivity index (χ2v) is 5.56. The maximum Gasteiger partial charge on any atom is 0.270 e. The van der Waals surface area contributed by atoms with Crippen LogP contribution in [0.4, 0.5) is 0 Å². The minimum Gasteiger partial charge on any atom is -0.368 e. The lowest BCUT2D eigenvalue weighted by atomic mass is 9.87. The molecule has 0 spiro atoms. The molecule has 0 bridgehead atoms. The number of hydrogen-bond acceptors (Lipinski definition) is 3. The predicted molar refractivity (Wildman–Crippen MR) is 81.6 cm³/mol. The first-order valence-electron chi connectivity index (χ1n) is 6.83. The molecule has 2 rings (SSSR count). The van der Waals surface area contributed by atoms with Gasteiger partial charge in [0.1, 0.15) is 11.2 Å². The number of hydrogen-bond donors (Lipinski definition) is 2. The molecule has 0 aliphatic rings. The molecule has 5 heteroatoms. The zero-order chi connectivity index (χ0) is 15.6. The maximum absolute atomic E-state index is 12.3. The number of nitrogens with two attached hydrogens (primary N) is 1. The third kappa shape index (κ3) is 2.86. The Morgan fingerprint density at radius 1 is 1.19 bits per heavy atom. The van der Waals surface area contributed by atoms with E-state index in [0.29, 0.717) is 0 Å². The van der Waals surface area contributed by atoms with Gasteiger partial charge >= 0.3 is 0 Å². The molecule has 0 aliphatic carbocycles. The van der Waals surface area contributed by atoms with Crippen LogP contribution in [0.2, 0.25) is 0 Å². The van der Waals surface area contributed by atoms with Crippen LogP contribution in [-0.4, -0.2) is 22.3 Å². The highest BCUT2D eigenvalue weighted by Crippen LogP contribution is 2.17. The van der Waals surface area contributed by atoms with E-state index in [9.17, 15) is 9.59 Å². The highest BCUT2D eigenvalue weighted by atomic mass is 16.2. The van der Waals surface area contributed by atoms with Crippen LogP contribution in [-0.2, 0) is 4.79 Å². The van der Waals surface area contributed by atoms with Crippen LogP contribution in [0.25, 0.3) is 10.9 Å². The number of benzene rings is 1. The maximum atomic E-state index is 12.3. The molecule has 5 nitrogen and oxygen atoms in total. The SMILES string of the molecule is CC(C)C(C)(NC(=O)c1ccc2ccccc2n1)C(N)=O. The van der Waals surface area contributed by atoms with Crippen molar-refractivity contribution in [1.29, 1.82) is 0 Å². The van der Waals surface area contributed by atoms with Crippen molar-refractivity contribution >= 4 is 22.7 Å². The van der Waals surface area contributed by atoms with Crippen molar-refractivity contribution in [3.63, 3.8) is 0 Å². The van der Waals surface area contributed by atoms with E-state index in [0.717, 1.165) is 10.9 Å². The summed E-state index contributed by atoms with van der Waals surface area (Å²) in [6.45, 7) is 5.29. The van der Waals surface area contributed by atoms with Gasteiger partial charge in [0, 0.05) is 5.39 Å². The van der Waals surface area contributed by atoms with E-state index in [1.165, 1.54) is 0 Å². The number of rotatable bonds is 4. The van der Waals surface area contributed by atoms with Gasteiger partial charge in [0.25, 0.3) is 5.91 Å². The van der Waals surface area contributed by atoms with Gasteiger partial charge in [0.05, 0.1) is 5.52 Å². The van der Waals surface area contributed by atoms with E-state index in [1.54, 1.807) is 13.0 Å². The molecule has 21 heavy (non-hydrogen) atoms. The van der Waals surface area contributed by atoms with E-state index in [1.807, 2.05) is 44.2 Å². The predicted octanol–water partition coefficient (Wildman–Crippen LogP) is 1.86. The molecule has 0 saturated heterocycles. The number of para-hydroxylation sites is 1. The highest BCUT2D eigenvalue weighted by Gasteiger charge is 2.36. The molecule has 0 aliphatic heterocycles. The fraction of sp³-hybridized carbons (Fsp3) is 0.312. The van der Waals surface area contributed by atoms with Gasteiger partial charge in [0.2, 0.25) is 5.91 Å². The number of aromatic nitrogens is 1. The van der Waals surface area contributed by atoms with Crippen molar-refractivity contribution in [2.45, 2.75) is 26.3 Å².